The number of carbonyl (C=O) groups excluding carboxylic acids is 1. The fourth-order valence-electron chi connectivity index (χ4n) is 3.41. The number of piperazine rings is 1. The maximum atomic E-state index is 11.4. The Hall–Kier alpha value is -2.90. The Labute approximate surface area is 165 Å². The van der Waals surface area contributed by atoms with Gasteiger partial charge in [0.05, 0.1) is 5.56 Å². The monoisotopic (exact) mass is 382 g/mol. The fraction of sp³-hybridized carbons (Fsp3) is 0.333. The zero-order valence-corrected chi connectivity index (χ0v) is 16.3. The van der Waals surface area contributed by atoms with E-state index in [4.69, 9.17) is 5.11 Å². The van der Waals surface area contributed by atoms with Crippen LogP contribution in [0.3, 0.4) is 0 Å². The van der Waals surface area contributed by atoms with Gasteiger partial charge < -0.3 is 14.9 Å². The molecule has 2 N–H and O–H groups in total. The number of hydrazine groups is 1. The van der Waals surface area contributed by atoms with Crippen molar-refractivity contribution in [2.45, 2.75) is 6.54 Å². The first-order valence-electron chi connectivity index (χ1n) is 9.31. The van der Waals surface area contributed by atoms with Gasteiger partial charge in [-0.15, -0.1) is 0 Å². The molecule has 1 aliphatic heterocycles. The molecule has 1 saturated heterocycles. The highest BCUT2D eigenvalue weighted by Gasteiger charge is 2.19. The van der Waals surface area contributed by atoms with E-state index in [0.29, 0.717) is 17.7 Å². The first-order chi connectivity index (χ1) is 13.5. The van der Waals surface area contributed by atoms with Crippen molar-refractivity contribution in [3.63, 3.8) is 0 Å². The minimum Gasteiger partial charge on any atom is -0.478 e. The molecule has 2 aromatic rings. The molecule has 0 saturated carbocycles. The summed E-state index contributed by atoms with van der Waals surface area (Å²) in [5.74, 6) is -0.908. The van der Waals surface area contributed by atoms with Gasteiger partial charge in [-0.05, 0) is 55.1 Å². The second kappa shape index (κ2) is 8.86. The predicted octanol–water partition coefficient (Wildman–Crippen LogP) is 2.09. The van der Waals surface area contributed by atoms with E-state index in [1.165, 1.54) is 0 Å². The number of aromatic carboxylic acids is 1. The van der Waals surface area contributed by atoms with Crippen molar-refractivity contribution in [1.82, 2.24) is 10.4 Å². The van der Waals surface area contributed by atoms with Gasteiger partial charge in [-0.3, -0.25) is 10.2 Å². The summed E-state index contributed by atoms with van der Waals surface area (Å²) in [6.45, 7) is 4.08. The van der Waals surface area contributed by atoms with Crippen LogP contribution < -0.4 is 15.2 Å². The molecule has 0 bridgehead atoms. The lowest BCUT2D eigenvalue weighted by Gasteiger charge is -2.37. The minimum atomic E-state index is -0.908. The summed E-state index contributed by atoms with van der Waals surface area (Å²) in [6, 6.07) is 13.0. The molecule has 0 amide bonds. The van der Waals surface area contributed by atoms with Gasteiger partial charge >= 0.3 is 5.97 Å². The van der Waals surface area contributed by atoms with Crippen LogP contribution in [0, 0.1) is 0 Å². The van der Waals surface area contributed by atoms with Crippen LogP contribution in [0.15, 0.2) is 42.5 Å². The summed E-state index contributed by atoms with van der Waals surface area (Å²) < 4.78 is 0. The smallest absolute Gasteiger partial charge is 0.335 e. The summed E-state index contributed by atoms with van der Waals surface area (Å²) in [4.78, 5) is 26.9. The maximum absolute atomic E-state index is 11.4. The molecule has 7 heteroatoms. The molecule has 7 nitrogen and oxygen atoms in total. The molecule has 0 aromatic heterocycles. The van der Waals surface area contributed by atoms with E-state index in [1.54, 1.807) is 12.1 Å². The molecule has 1 fully saturated rings. The van der Waals surface area contributed by atoms with Crippen molar-refractivity contribution in [3.8, 4) is 0 Å². The molecule has 0 radical (unpaired) electrons. The summed E-state index contributed by atoms with van der Waals surface area (Å²) in [7, 11) is 3.79. The van der Waals surface area contributed by atoms with Crippen LogP contribution >= 0.6 is 0 Å². The van der Waals surface area contributed by atoms with Crippen molar-refractivity contribution >= 4 is 23.6 Å². The third kappa shape index (κ3) is 4.49. The quantitative estimate of drug-likeness (QED) is 0.561. The normalized spacial score (nSPS) is 14.4. The SMILES string of the molecule is CNN(C)Cc1cc(N2CCN(c3ccc(C(=O)O)cc3)CC2)ccc1C=O. The summed E-state index contributed by atoms with van der Waals surface area (Å²) in [5.41, 5.74) is 7.22. The largest absolute Gasteiger partial charge is 0.478 e. The van der Waals surface area contributed by atoms with E-state index >= 15 is 0 Å². The molecule has 0 unspecified atom stereocenters. The Morgan fingerprint density at radius 3 is 2.18 bits per heavy atom. The molecular formula is C21H26N4O3. The number of rotatable bonds is 7. The lowest BCUT2D eigenvalue weighted by atomic mass is 10.1. The number of nitrogens with one attached hydrogen (secondary N) is 1. The standard InChI is InChI=1S/C21H26N4O3/c1-22-23(2)14-18-13-20(8-5-17(18)15-26)25-11-9-24(10-12-25)19-6-3-16(4-7-19)21(27)28/h3-8,13,15,22H,9-12,14H2,1-2H3,(H,27,28). The lowest BCUT2D eigenvalue weighted by molar-refractivity contribution is 0.0696. The van der Waals surface area contributed by atoms with Crippen LogP contribution in [-0.4, -0.2) is 62.6 Å². The van der Waals surface area contributed by atoms with Gasteiger partial charge in [-0.2, -0.15) is 0 Å². The predicted molar refractivity (Wildman–Crippen MR) is 110 cm³/mol. The van der Waals surface area contributed by atoms with E-state index < -0.39 is 5.97 Å². The average Bonchev–Trinajstić information content (AvgIpc) is 2.73. The van der Waals surface area contributed by atoms with E-state index in [2.05, 4.69) is 21.3 Å². The van der Waals surface area contributed by atoms with Gasteiger partial charge in [0.1, 0.15) is 6.29 Å². The zero-order chi connectivity index (χ0) is 20.1. The fourth-order valence-corrected chi connectivity index (χ4v) is 3.41. The summed E-state index contributed by atoms with van der Waals surface area (Å²) in [6.07, 6.45) is 0.904. The van der Waals surface area contributed by atoms with Crippen LogP contribution in [0.1, 0.15) is 26.3 Å². The van der Waals surface area contributed by atoms with Gasteiger partial charge in [0.15, 0.2) is 0 Å². The molecule has 3 rings (SSSR count). The second-order valence-corrected chi connectivity index (χ2v) is 6.91. The summed E-state index contributed by atoms with van der Waals surface area (Å²) in [5, 5.41) is 11.0. The summed E-state index contributed by atoms with van der Waals surface area (Å²) >= 11 is 0. The number of hydrogen-bond acceptors (Lipinski definition) is 6. The Bertz CT molecular complexity index is 830. The third-order valence-corrected chi connectivity index (χ3v) is 5.17. The highest BCUT2D eigenvalue weighted by molar-refractivity contribution is 5.88. The molecule has 0 atom stereocenters. The lowest BCUT2D eigenvalue weighted by Crippen LogP contribution is -2.46. The van der Waals surface area contributed by atoms with Crippen molar-refractivity contribution in [2.24, 2.45) is 0 Å². The number of carboxylic acid groups (broad SMARTS) is 1. The number of carbonyl (C=O) groups is 2. The molecule has 0 aliphatic carbocycles. The van der Waals surface area contributed by atoms with Crippen LogP contribution in [0.4, 0.5) is 11.4 Å². The maximum Gasteiger partial charge on any atom is 0.335 e. The average molecular weight is 382 g/mol. The highest BCUT2D eigenvalue weighted by atomic mass is 16.4. The van der Waals surface area contributed by atoms with E-state index in [0.717, 1.165) is 49.4 Å². The molecule has 2 aromatic carbocycles. The van der Waals surface area contributed by atoms with E-state index in [-0.39, 0.29) is 0 Å². The Balaban J connectivity index is 1.68. The first kappa shape index (κ1) is 19.9. The number of hydrogen-bond donors (Lipinski definition) is 2. The number of benzene rings is 2. The van der Waals surface area contributed by atoms with Gasteiger partial charge in [-0.25, -0.2) is 9.80 Å². The third-order valence-electron chi connectivity index (χ3n) is 5.17. The zero-order valence-electron chi connectivity index (χ0n) is 16.3. The minimum absolute atomic E-state index is 0.303. The first-order valence-corrected chi connectivity index (χ1v) is 9.31. The van der Waals surface area contributed by atoms with E-state index in [1.807, 2.05) is 43.4 Å². The number of aldehydes is 1. The Morgan fingerprint density at radius 1 is 1.07 bits per heavy atom. The van der Waals surface area contributed by atoms with Crippen LogP contribution in [0.25, 0.3) is 0 Å². The molecule has 0 spiro atoms. The van der Waals surface area contributed by atoms with Crippen molar-refractivity contribution < 1.29 is 14.7 Å². The molecule has 1 aliphatic rings. The van der Waals surface area contributed by atoms with Crippen LogP contribution in [-0.2, 0) is 6.54 Å². The molecule has 148 valence electrons. The number of carboxylic acids is 1. The van der Waals surface area contributed by atoms with Crippen LogP contribution in [0.5, 0.6) is 0 Å². The number of nitrogens with zero attached hydrogens (tertiary/aromatic N) is 3. The van der Waals surface area contributed by atoms with Gasteiger partial charge in [0.25, 0.3) is 0 Å². The van der Waals surface area contributed by atoms with Gasteiger partial charge in [-0.1, -0.05) is 0 Å². The van der Waals surface area contributed by atoms with Gasteiger partial charge in [0, 0.05) is 56.7 Å². The topological polar surface area (TPSA) is 76.1 Å². The molecule has 28 heavy (non-hydrogen) atoms. The van der Waals surface area contributed by atoms with Crippen molar-refractivity contribution in [2.75, 3.05) is 50.1 Å². The van der Waals surface area contributed by atoms with Crippen molar-refractivity contribution in [1.29, 1.82) is 0 Å². The van der Waals surface area contributed by atoms with Gasteiger partial charge in [0.2, 0.25) is 0 Å². The Kier molecular flexibility index (Phi) is 6.28. The molecule has 1 heterocycles. The Morgan fingerprint density at radius 2 is 1.64 bits per heavy atom. The highest BCUT2D eigenvalue weighted by Crippen LogP contribution is 2.23. The second-order valence-electron chi connectivity index (χ2n) is 6.91. The van der Waals surface area contributed by atoms with Crippen LogP contribution in [0.2, 0.25) is 0 Å². The van der Waals surface area contributed by atoms with Crippen molar-refractivity contribution in [3.05, 3.63) is 59.2 Å². The molecular weight excluding hydrogens is 356 g/mol. The number of anilines is 2. The van der Waals surface area contributed by atoms with E-state index in [9.17, 15) is 9.59 Å².